The van der Waals surface area contributed by atoms with Crippen molar-refractivity contribution in [1.82, 2.24) is 25.9 Å². The molecular formula is C39H61N5O6S. The van der Waals surface area contributed by atoms with Gasteiger partial charge in [-0.3, -0.25) is 19.2 Å². The minimum absolute atomic E-state index is 0.00528. The Bertz CT molecular complexity index is 1500. The van der Waals surface area contributed by atoms with Crippen molar-refractivity contribution < 1.29 is 27.6 Å². The van der Waals surface area contributed by atoms with Crippen molar-refractivity contribution in [3.05, 3.63) is 54.1 Å². The van der Waals surface area contributed by atoms with Gasteiger partial charge in [-0.25, -0.2) is 13.4 Å². The molecule has 1 heterocycles. The summed E-state index contributed by atoms with van der Waals surface area (Å²) in [6, 6.07) is 7.24. The molecule has 0 radical (unpaired) electrons. The number of H-pyrrole nitrogens is 1. The first-order chi connectivity index (χ1) is 24.1. The fourth-order valence-corrected chi connectivity index (χ4v) is 7.86. The highest BCUT2D eigenvalue weighted by Crippen LogP contribution is 2.29. The van der Waals surface area contributed by atoms with Crippen LogP contribution in [0, 0.1) is 23.7 Å². The molecule has 0 spiro atoms. The summed E-state index contributed by atoms with van der Waals surface area (Å²) >= 11 is 0. The molecule has 1 aromatic carbocycles. The van der Waals surface area contributed by atoms with Crippen LogP contribution in [0.25, 0.3) is 0 Å². The number of rotatable bonds is 20. The molecular weight excluding hydrogens is 667 g/mol. The standard InChI is InChI=1S/C39H61N5O6S/c1-7-8-19-41-37(47)32(27(2)3)23-35(45)33(21-29-17-13-10-14-18-29)43-38(48)34(22-31-24-40-26-42-31)44-36(46)30(20-28-15-11-9-12-16-28)25-51(49,50)39(4,5)6/h9,11-12,15-16,24,26-27,29-30,32-34H,7-8,10,13-14,17-23,25H2,1-6H3,(H,40,42)(H,41,47)(H,43,48)(H,44,46)/t30-,32-,33+,34+/m1/s1. The molecule has 0 unspecified atom stereocenters. The summed E-state index contributed by atoms with van der Waals surface area (Å²) in [5.41, 5.74) is 1.39. The van der Waals surface area contributed by atoms with Crippen LogP contribution in [0.1, 0.15) is 111 Å². The number of ketones is 1. The highest BCUT2D eigenvalue weighted by molar-refractivity contribution is 7.92. The summed E-state index contributed by atoms with van der Waals surface area (Å²) in [4.78, 5) is 62.5. The Kier molecular flexibility index (Phi) is 16.3. The van der Waals surface area contributed by atoms with Gasteiger partial charge >= 0.3 is 0 Å². The molecule has 1 fully saturated rings. The minimum Gasteiger partial charge on any atom is -0.356 e. The lowest BCUT2D eigenvalue weighted by Gasteiger charge is -2.30. The van der Waals surface area contributed by atoms with E-state index in [1.165, 1.54) is 6.33 Å². The van der Waals surface area contributed by atoms with E-state index in [2.05, 4.69) is 25.9 Å². The zero-order valence-corrected chi connectivity index (χ0v) is 32.3. The average molecular weight is 728 g/mol. The highest BCUT2D eigenvalue weighted by atomic mass is 32.2. The van der Waals surface area contributed by atoms with Crippen LogP contribution in [-0.4, -0.2) is 71.0 Å². The van der Waals surface area contributed by atoms with Crippen molar-refractivity contribution >= 4 is 33.3 Å². The Morgan fingerprint density at radius 3 is 2.18 bits per heavy atom. The highest BCUT2D eigenvalue weighted by Gasteiger charge is 2.37. The van der Waals surface area contributed by atoms with Gasteiger partial charge < -0.3 is 20.9 Å². The van der Waals surface area contributed by atoms with E-state index in [9.17, 15) is 27.6 Å². The number of carbonyl (C=O) groups is 4. The fraction of sp³-hybridized carbons (Fsp3) is 0.667. The summed E-state index contributed by atoms with van der Waals surface area (Å²) in [5, 5.41) is 8.83. The number of hydrogen-bond acceptors (Lipinski definition) is 7. The SMILES string of the molecule is CCCCNC(=O)[C@H](CC(=O)[C@H](CC1CCCCC1)NC(=O)[C@H](Cc1cnc[nH]1)NC(=O)[C@H](Cc1ccccc1)CS(=O)(=O)C(C)(C)C)C(C)C. The molecule has 1 aromatic heterocycles. The van der Waals surface area contributed by atoms with E-state index >= 15 is 0 Å². The van der Waals surface area contributed by atoms with E-state index in [4.69, 9.17) is 0 Å². The Morgan fingerprint density at radius 2 is 1.59 bits per heavy atom. The summed E-state index contributed by atoms with van der Waals surface area (Å²) < 4.78 is 25.6. The zero-order chi connectivity index (χ0) is 37.6. The van der Waals surface area contributed by atoms with Gasteiger partial charge in [0.2, 0.25) is 17.7 Å². The first-order valence-corrected chi connectivity index (χ1v) is 20.4. The van der Waals surface area contributed by atoms with Crippen LogP contribution in [-0.2, 0) is 41.9 Å². The number of hydrogen-bond donors (Lipinski definition) is 4. The third-order valence-corrected chi connectivity index (χ3v) is 12.8. The van der Waals surface area contributed by atoms with Crippen molar-refractivity contribution in [2.24, 2.45) is 23.7 Å². The van der Waals surface area contributed by atoms with E-state index in [1.807, 2.05) is 51.1 Å². The largest absolute Gasteiger partial charge is 0.356 e. The molecule has 4 N–H and O–H groups in total. The van der Waals surface area contributed by atoms with Crippen molar-refractivity contribution in [2.45, 2.75) is 129 Å². The third kappa shape index (κ3) is 13.5. The minimum atomic E-state index is -3.70. The van der Waals surface area contributed by atoms with Gasteiger partial charge in [-0.1, -0.05) is 89.6 Å². The van der Waals surface area contributed by atoms with Gasteiger partial charge in [-0.2, -0.15) is 0 Å². The van der Waals surface area contributed by atoms with Crippen LogP contribution in [0.15, 0.2) is 42.9 Å². The molecule has 51 heavy (non-hydrogen) atoms. The smallest absolute Gasteiger partial charge is 0.243 e. The van der Waals surface area contributed by atoms with Crippen LogP contribution in [0.4, 0.5) is 0 Å². The molecule has 1 aliphatic rings. The number of benzene rings is 1. The van der Waals surface area contributed by atoms with Crippen molar-refractivity contribution in [3.63, 3.8) is 0 Å². The maximum Gasteiger partial charge on any atom is 0.243 e. The summed E-state index contributed by atoms with van der Waals surface area (Å²) in [5.74, 6) is -3.20. The lowest BCUT2D eigenvalue weighted by molar-refractivity contribution is -0.134. The van der Waals surface area contributed by atoms with Crippen LogP contribution in [0.2, 0.25) is 0 Å². The third-order valence-electron chi connectivity index (χ3n) is 10.1. The van der Waals surface area contributed by atoms with Crippen molar-refractivity contribution in [3.8, 4) is 0 Å². The van der Waals surface area contributed by atoms with Gasteiger partial charge in [0, 0.05) is 37.2 Å². The molecule has 1 saturated carbocycles. The van der Waals surface area contributed by atoms with Crippen molar-refractivity contribution in [2.75, 3.05) is 12.3 Å². The van der Waals surface area contributed by atoms with Gasteiger partial charge in [0.05, 0.1) is 28.8 Å². The van der Waals surface area contributed by atoms with E-state index in [1.54, 1.807) is 27.0 Å². The van der Waals surface area contributed by atoms with E-state index in [-0.39, 0.29) is 42.8 Å². The Morgan fingerprint density at radius 1 is 0.922 bits per heavy atom. The maximum atomic E-state index is 14.2. The van der Waals surface area contributed by atoms with E-state index in [0.29, 0.717) is 18.7 Å². The number of carbonyl (C=O) groups excluding carboxylic acids is 4. The maximum absolute atomic E-state index is 14.2. The topological polar surface area (TPSA) is 167 Å². The number of Topliss-reactive ketones (excluding diaryl/α,β-unsaturated/α-hetero) is 1. The fourth-order valence-electron chi connectivity index (χ4n) is 6.56. The summed E-state index contributed by atoms with van der Waals surface area (Å²) in [7, 11) is -3.70. The molecule has 11 nitrogen and oxygen atoms in total. The number of nitrogens with zero attached hydrogens (tertiary/aromatic N) is 1. The Balaban J connectivity index is 1.89. The van der Waals surface area contributed by atoms with Crippen LogP contribution >= 0.6 is 0 Å². The van der Waals surface area contributed by atoms with Crippen molar-refractivity contribution in [1.29, 1.82) is 0 Å². The molecule has 4 atom stereocenters. The quantitative estimate of drug-likeness (QED) is 0.138. The predicted molar refractivity (Wildman–Crippen MR) is 200 cm³/mol. The van der Waals surface area contributed by atoms with Gasteiger partial charge in [0.1, 0.15) is 6.04 Å². The van der Waals surface area contributed by atoms with E-state index < -0.39 is 56.1 Å². The normalized spacial score (nSPS) is 16.5. The van der Waals surface area contributed by atoms with Gasteiger partial charge in [0.15, 0.2) is 15.6 Å². The lowest BCUT2D eigenvalue weighted by Crippen LogP contribution is -2.55. The number of nitrogens with one attached hydrogen (secondary N) is 4. The van der Waals surface area contributed by atoms with E-state index in [0.717, 1.165) is 50.5 Å². The Hall–Kier alpha value is -3.54. The molecule has 0 saturated heterocycles. The number of imidazole rings is 1. The number of aromatic nitrogens is 2. The molecule has 12 heteroatoms. The van der Waals surface area contributed by atoms with Crippen LogP contribution < -0.4 is 16.0 Å². The monoisotopic (exact) mass is 727 g/mol. The number of sulfone groups is 1. The molecule has 0 aliphatic heterocycles. The molecule has 2 aromatic rings. The first-order valence-electron chi connectivity index (χ1n) is 18.8. The molecule has 0 bridgehead atoms. The lowest BCUT2D eigenvalue weighted by atomic mass is 9.81. The summed E-state index contributed by atoms with van der Waals surface area (Å²) in [6.07, 6.45) is 10.7. The molecule has 284 valence electrons. The predicted octanol–water partition coefficient (Wildman–Crippen LogP) is 5.11. The first kappa shape index (κ1) is 41.9. The second-order valence-electron chi connectivity index (χ2n) is 15.6. The summed E-state index contributed by atoms with van der Waals surface area (Å²) in [6.45, 7) is 11.3. The Labute approximate surface area is 305 Å². The average Bonchev–Trinajstić information content (AvgIpc) is 3.59. The number of amides is 3. The van der Waals surface area contributed by atoms with Crippen LogP contribution in [0.3, 0.4) is 0 Å². The number of aromatic amines is 1. The van der Waals surface area contributed by atoms with Gasteiger partial charge in [-0.15, -0.1) is 0 Å². The van der Waals surface area contributed by atoms with Gasteiger partial charge in [-0.05, 0) is 57.4 Å². The second-order valence-corrected chi connectivity index (χ2v) is 18.4. The number of unbranched alkanes of at least 4 members (excludes halogenated alkanes) is 1. The molecule has 3 rings (SSSR count). The second kappa shape index (κ2) is 19.9. The van der Waals surface area contributed by atoms with Gasteiger partial charge in [0.25, 0.3) is 0 Å². The molecule has 1 aliphatic carbocycles. The zero-order valence-electron chi connectivity index (χ0n) is 31.5. The van der Waals surface area contributed by atoms with Crippen LogP contribution in [0.5, 0.6) is 0 Å². The molecule has 3 amide bonds.